The third-order valence-electron chi connectivity index (χ3n) is 3.49. The maximum Gasteiger partial charge on any atom is 0.257 e. The zero-order chi connectivity index (χ0) is 19.1. The number of benzene rings is 2. The fourth-order valence-electron chi connectivity index (χ4n) is 2.03. The molecule has 0 heterocycles. The molecule has 0 saturated heterocycles. The van der Waals surface area contributed by atoms with Crippen LogP contribution in [0.3, 0.4) is 0 Å². The number of anilines is 2. The van der Waals surface area contributed by atoms with Gasteiger partial charge in [0.15, 0.2) is 5.11 Å². The summed E-state index contributed by atoms with van der Waals surface area (Å²) in [5.74, 6) is 0.122. The molecule has 0 unspecified atom stereocenters. The van der Waals surface area contributed by atoms with E-state index in [4.69, 9.17) is 17.0 Å². The quantitative estimate of drug-likeness (QED) is 0.702. The van der Waals surface area contributed by atoms with Gasteiger partial charge in [0.1, 0.15) is 5.75 Å². The van der Waals surface area contributed by atoms with Crippen molar-refractivity contribution in [2.24, 2.45) is 5.92 Å². The predicted octanol–water partition coefficient (Wildman–Crippen LogP) is 3.42. The Morgan fingerprint density at radius 3 is 2.19 bits per heavy atom. The Balaban J connectivity index is 1.92. The number of rotatable bonds is 5. The van der Waals surface area contributed by atoms with Crippen LogP contribution in [0.25, 0.3) is 0 Å². The molecule has 0 aromatic heterocycles. The number of carbonyl (C=O) groups is 2. The van der Waals surface area contributed by atoms with E-state index in [1.54, 1.807) is 48.5 Å². The van der Waals surface area contributed by atoms with Crippen molar-refractivity contribution in [2.45, 2.75) is 13.8 Å². The van der Waals surface area contributed by atoms with Crippen LogP contribution in [0.15, 0.2) is 48.5 Å². The Morgan fingerprint density at radius 2 is 1.62 bits per heavy atom. The molecule has 2 amide bonds. The van der Waals surface area contributed by atoms with Crippen molar-refractivity contribution in [3.63, 3.8) is 0 Å². The van der Waals surface area contributed by atoms with Gasteiger partial charge in [-0.15, -0.1) is 0 Å². The van der Waals surface area contributed by atoms with Gasteiger partial charge in [0.25, 0.3) is 5.91 Å². The van der Waals surface area contributed by atoms with Crippen molar-refractivity contribution in [3.05, 3.63) is 54.1 Å². The first-order valence-corrected chi connectivity index (χ1v) is 8.47. The smallest absolute Gasteiger partial charge is 0.257 e. The third kappa shape index (κ3) is 5.56. The van der Waals surface area contributed by atoms with Gasteiger partial charge in [-0.05, 0) is 54.7 Å². The highest BCUT2D eigenvalue weighted by atomic mass is 32.1. The lowest BCUT2D eigenvalue weighted by atomic mass is 10.2. The molecule has 6 nitrogen and oxygen atoms in total. The maximum absolute atomic E-state index is 12.2. The van der Waals surface area contributed by atoms with E-state index in [-0.39, 0.29) is 22.8 Å². The molecule has 2 aromatic carbocycles. The predicted molar refractivity (Wildman–Crippen MR) is 107 cm³/mol. The Hall–Kier alpha value is -2.93. The molecule has 0 spiro atoms. The number of thiocarbonyl (C=S) groups is 1. The van der Waals surface area contributed by atoms with Gasteiger partial charge in [-0.1, -0.05) is 19.9 Å². The lowest BCUT2D eigenvalue weighted by Crippen LogP contribution is -2.34. The number of methoxy groups -OCH3 is 1. The van der Waals surface area contributed by atoms with E-state index in [1.165, 1.54) is 7.11 Å². The number of hydrogen-bond donors (Lipinski definition) is 3. The van der Waals surface area contributed by atoms with Crippen LogP contribution in [0.5, 0.6) is 5.75 Å². The summed E-state index contributed by atoms with van der Waals surface area (Å²) in [7, 11) is 1.54. The van der Waals surface area contributed by atoms with Gasteiger partial charge in [-0.2, -0.15) is 0 Å². The molecule has 0 saturated carbocycles. The van der Waals surface area contributed by atoms with Crippen LogP contribution in [0.1, 0.15) is 24.2 Å². The van der Waals surface area contributed by atoms with Gasteiger partial charge in [0, 0.05) is 22.9 Å². The van der Waals surface area contributed by atoms with Crippen LogP contribution < -0.4 is 20.7 Å². The highest BCUT2D eigenvalue weighted by molar-refractivity contribution is 7.80. The average Bonchev–Trinajstić information content (AvgIpc) is 2.63. The molecule has 0 aliphatic rings. The summed E-state index contributed by atoms with van der Waals surface area (Å²) in [5, 5.41) is 8.53. The van der Waals surface area contributed by atoms with Crippen molar-refractivity contribution < 1.29 is 14.3 Å². The lowest BCUT2D eigenvalue weighted by Gasteiger charge is -2.11. The Labute approximate surface area is 157 Å². The molecule has 0 fully saturated rings. The van der Waals surface area contributed by atoms with Crippen LogP contribution >= 0.6 is 12.2 Å². The normalized spacial score (nSPS) is 10.2. The second-order valence-electron chi connectivity index (χ2n) is 5.86. The zero-order valence-electron chi connectivity index (χ0n) is 14.8. The van der Waals surface area contributed by atoms with E-state index in [9.17, 15) is 9.59 Å². The van der Waals surface area contributed by atoms with Crippen LogP contribution in [0.2, 0.25) is 0 Å². The minimum atomic E-state index is -0.331. The van der Waals surface area contributed by atoms with Crippen molar-refractivity contribution in [3.8, 4) is 5.75 Å². The fraction of sp³-hybridized carbons (Fsp3) is 0.211. The standard InChI is InChI=1S/C19H21N3O3S/c1-12(2)17(23)20-14-7-9-15(10-8-14)21-19(26)22-18(24)13-5-4-6-16(11-13)25-3/h4-12H,1-3H3,(H,20,23)(H2,21,22,24,26). The largest absolute Gasteiger partial charge is 0.497 e. The Bertz CT molecular complexity index is 804. The lowest BCUT2D eigenvalue weighted by molar-refractivity contribution is -0.118. The fourth-order valence-corrected chi connectivity index (χ4v) is 2.24. The second kappa shape index (κ2) is 8.96. The topological polar surface area (TPSA) is 79.5 Å². The number of nitrogens with one attached hydrogen (secondary N) is 3. The molecule has 3 N–H and O–H groups in total. The van der Waals surface area contributed by atoms with Gasteiger partial charge < -0.3 is 15.4 Å². The first kappa shape index (κ1) is 19.4. The van der Waals surface area contributed by atoms with Crippen molar-refractivity contribution in [1.29, 1.82) is 0 Å². The molecule has 2 aromatic rings. The van der Waals surface area contributed by atoms with Crippen molar-refractivity contribution in [2.75, 3.05) is 17.7 Å². The summed E-state index contributed by atoms with van der Waals surface area (Å²) in [6.07, 6.45) is 0. The monoisotopic (exact) mass is 371 g/mol. The van der Waals surface area contributed by atoms with Gasteiger partial charge in [-0.25, -0.2) is 0 Å². The summed E-state index contributed by atoms with van der Waals surface area (Å²) in [6, 6.07) is 13.8. The maximum atomic E-state index is 12.2. The van der Waals surface area contributed by atoms with Crippen LogP contribution in [-0.2, 0) is 4.79 Å². The van der Waals surface area contributed by atoms with Crippen LogP contribution in [-0.4, -0.2) is 24.0 Å². The molecular weight excluding hydrogens is 350 g/mol. The van der Waals surface area contributed by atoms with E-state index >= 15 is 0 Å². The Morgan fingerprint density at radius 1 is 1.00 bits per heavy atom. The van der Waals surface area contributed by atoms with Gasteiger partial charge in [0.05, 0.1) is 7.11 Å². The molecule has 0 aliphatic carbocycles. The molecule has 2 rings (SSSR count). The molecule has 0 radical (unpaired) electrons. The van der Waals surface area contributed by atoms with E-state index in [0.29, 0.717) is 22.7 Å². The summed E-state index contributed by atoms with van der Waals surface area (Å²) in [5.41, 5.74) is 1.84. The molecule has 0 aliphatic heterocycles. The number of ether oxygens (including phenoxy) is 1. The molecule has 136 valence electrons. The highest BCUT2D eigenvalue weighted by Crippen LogP contribution is 2.15. The number of amides is 2. The molecule has 0 atom stereocenters. The minimum absolute atomic E-state index is 0.0493. The average molecular weight is 371 g/mol. The molecule has 26 heavy (non-hydrogen) atoms. The summed E-state index contributed by atoms with van der Waals surface area (Å²) < 4.78 is 5.10. The third-order valence-corrected chi connectivity index (χ3v) is 3.70. The van der Waals surface area contributed by atoms with Crippen LogP contribution in [0.4, 0.5) is 11.4 Å². The van der Waals surface area contributed by atoms with Crippen molar-refractivity contribution in [1.82, 2.24) is 5.32 Å². The minimum Gasteiger partial charge on any atom is -0.497 e. The van der Waals surface area contributed by atoms with Crippen LogP contribution in [0, 0.1) is 5.92 Å². The van der Waals surface area contributed by atoms with E-state index < -0.39 is 0 Å². The van der Waals surface area contributed by atoms with Gasteiger partial charge >= 0.3 is 0 Å². The SMILES string of the molecule is COc1cccc(C(=O)NC(=S)Nc2ccc(NC(=O)C(C)C)cc2)c1. The van der Waals surface area contributed by atoms with Gasteiger partial charge in [-0.3, -0.25) is 14.9 Å². The van der Waals surface area contributed by atoms with E-state index in [2.05, 4.69) is 16.0 Å². The molecule has 0 bridgehead atoms. The van der Waals surface area contributed by atoms with E-state index in [1.807, 2.05) is 13.8 Å². The Kier molecular flexibility index (Phi) is 6.68. The first-order chi connectivity index (χ1) is 12.4. The summed E-state index contributed by atoms with van der Waals surface area (Å²) in [6.45, 7) is 3.66. The number of carbonyl (C=O) groups excluding carboxylic acids is 2. The highest BCUT2D eigenvalue weighted by Gasteiger charge is 2.10. The summed E-state index contributed by atoms with van der Waals surface area (Å²) >= 11 is 5.17. The van der Waals surface area contributed by atoms with E-state index in [0.717, 1.165) is 0 Å². The molecular formula is C19H21N3O3S. The second-order valence-corrected chi connectivity index (χ2v) is 6.27. The molecule has 7 heteroatoms. The number of hydrogen-bond acceptors (Lipinski definition) is 4. The first-order valence-electron chi connectivity index (χ1n) is 8.06. The van der Waals surface area contributed by atoms with Crippen molar-refractivity contribution >= 4 is 40.5 Å². The zero-order valence-corrected chi connectivity index (χ0v) is 15.6. The summed E-state index contributed by atoms with van der Waals surface area (Å²) in [4.78, 5) is 23.9. The van der Waals surface area contributed by atoms with Gasteiger partial charge in [0.2, 0.25) is 5.91 Å².